The molecule has 0 aromatic rings. The SMILES string of the molecule is CC1CCC(C(C)C)C(OC(=O)OC(CO)CO)C1. The first kappa shape index (κ1) is 16.2. The minimum absolute atomic E-state index is 0.130. The fourth-order valence-electron chi connectivity index (χ4n) is 2.67. The summed E-state index contributed by atoms with van der Waals surface area (Å²) in [6, 6.07) is 0. The maximum absolute atomic E-state index is 11.6. The van der Waals surface area contributed by atoms with Crippen molar-refractivity contribution in [2.24, 2.45) is 17.8 Å². The zero-order chi connectivity index (χ0) is 14.4. The van der Waals surface area contributed by atoms with E-state index >= 15 is 0 Å². The van der Waals surface area contributed by atoms with Crippen LogP contribution in [0.15, 0.2) is 0 Å². The van der Waals surface area contributed by atoms with E-state index in [1.807, 2.05) is 0 Å². The molecule has 0 aliphatic heterocycles. The zero-order valence-corrected chi connectivity index (χ0v) is 12.0. The third-order valence-electron chi connectivity index (χ3n) is 3.88. The smallest absolute Gasteiger partial charge is 0.431 e. The summed E-state index contributed by atoms with van der Waals surface area (Å²) < 4.78 is 10.2. The van der Waals surface area contributed by atoms with Crippen molar-refractivity contribution in [3.8, 4) is 0 Å². The van der Waals surface area contributed by atoms with E-state index in [0.29, 0.717) is 17.8 Å². The molecule has 2 N–H and O–H groups in total. The molecule has 112 valence electrons. The molecule has 5 heteroatoms. The molecule has 1 aliphatic rings. The van der Waals surface area contributed by atoms with Crippen molar-refractivity contribution < 1.29 is 24.5 Å². The largest absolute Gasteiger partial charge is 0.508 e. The first-order chi connectivity index (χ1) is 8.97. The Morgan fingerprint density at radius 1 is 1.26 bits per heavy atom. The summed E-state index contributed by atoms with van der Waals surface area (Å²) in [6.07, 6.45) is 1.24. The molecule has 0 heterocycles. The quantitative estimate of drug-likeness (QED) is 0.749. The molecule has 1 saturated carbocycles. The van der Waals surface area contributed by atoms with Gasteiger partial charge in [-0.3, -0.25) is 0 Å². The molecule has 0 aromatic carbocycles. The van der Waals surface area contributed by atoms with Crippen LogP contribution in [0, 0.1) is 17.8 Å². The third kappa shape index (κ3) is 4.99. The topological polar surface area (TPSA) is 76.0 Å². The average molecular weight is 274 g/mol. The van der Waals surface area contributed by atoms with Gasteiger partial charge in [0.25, 0.3) is 0 Å². The number of rotatable bonds is 5. The summed E-state index contributed by atoms with van der Waals surface area (Å²) in [7, 11) is 0. The number of aliphatic hydroxyl groups is 2. The molecule has 0 bridgehead atoms. The molecule has 1 aliphatic carbocycles. The van der Waals surface area contributed by atoms with Gasteiger partial charge in [-0.25, -0.2) is 4.79 Å². The Morgan fingerprint density at radius 3 is 2.42 bits per heavy atom. The standard InChI is InChI=1S/C14H26O5/c1-9(2)12-5-4-10(3)6-13(12)19-14(17)18-11(7-15)8-16/h9-13,15-16H,4-8H2,1-3H3. The maximum Gasteiger partial charge on any atom is 0.508 e. The first-order valence-corrected chi connectivity index (χ1v) is 7.06. The first-order valence-electron chi connectivity index (χ1n) is 7.06. The van der Waals surface area contributed by atoms with Crippen molar-refractivity contribution >= 4 is 6.16 Å². The Bertz CT molecular complexity index is 275. The van der Waals surface area contributed by atoms with Crippen molar-refractivity contribution in [1.82, 2.24) is 0 Å². The number of hydrogen-bond donors (Lipinski definition) is 2. The predicted octanol–water partition coefficient (Wildman–Crippen LogP) is 1.95. The molecular weight excluding hydrogens is 248 g/mol. The van der Waals surface area contributed by atoms with Crippen molar-refractivity contribution in [3.63, 3.8) is 0 Å². The summed E-state index contributed by atoms with van der Waals surface area (Å²) >= 11 is 0. The lowest BCUT2D eigenvalue weighted by molar-refractivity contribution is -0.0620. The van der Waals surface area contributed by atoms with E-state index < -0.39 is 25.5 Å². The summed E-state index contributed by atoms with van der Waals surface area (Å²) in [5, 5.41) is 17.7. The average Bonchev–Trinajstić information content (AvgIpc) is 2.35. The second kappa shape index (κ2) is 7.70. The van der Waals surface area contributed by atoms with Crippen molar-refractivity contribution in [2.45, 2.75) is 52.2 Å². The van der Waals surface area contributed by atoms with Crippen molar-refractivity contribution in [1.29, 1.82) is 0 Å². The molecule has 0 radical (unpaired) electrons. The number of carbonyl (C=O) groups is 1. The highest BCUT2D eigenvalue weighted by atomic mass is 16.7. The van der Waals surface area contributed by atoms with Gasteiger partial charge in [0.1, 0.15) is 6.10 Å². The van der Waals surface area contributed by atoms with Gasteiger partial charge in [0.2, 0.25) is 0 Å². The molecule has 3 atom stereocenters. The fourth-order valence-corrected chi connectivity index (χ4v) is 2.67. The van der Waals surface area contributed by atoms with Gasteiger partial charge in [-0.05, 0) is 30.6 Å². The molecule has 1 fully saturated rings. The van der Waals surface area contributed by atoms with Crippen LogP contribution in [-0.4, -0.2) is 41.8 Å². The number of ether oxygens (including phenoxy) is 2. The van der Waals surface area contributed by atoms with Crippen molar-refractivity contribution in [3.05, 3.63) is 0 Å². The Labute approximate surface area is 114 Å². The van der Waals surface area contributed by atoms with Gasteiger partial charge in [0, 0.05) is 0 Å². The van der Waals surface area contributed by atoms with E-state index in [0.717, 1.165) is 19.3 Å². The van der Waals surface area contributed by atoms with Crippen LogP contribution in [0.1, 0.15) is 40.0 Å². The van der Waals surface area contributed by atoms with Crippen LogP contribution in [0.3, 0.4) is 0 Å². The summed E-state index contributed by atoms with van der Waals surface area (Å²) in [4.78, 5) is 11.6. The normalized spacial score (nSPS) is 27.6. The molecule has 1 rings (SSSR count). The van der Waals surface area contributed by atoms with Crippen LogP contribution in [-0.2, 0) is 9.47 Å². The molecule has 3 unspecified atom stereocenters. The Kier molecular flexibility index (Phi) is 6.58. The van der Waals surface area contributed by atoms with Crippen LogP contribution in [0.25, 0.3) is 0 Å². The number of aliphatic hydroxyl groups excluding tert-OH is 2. The molecule has 0 saturated heterocycles. The van der Waals surface area contributed by atoms with E-state index in [9.17, 15) is 4.79 Å². The van der Waals surface area contributed by atoms with Gasteiger partial charge < -0.3 is 19.7 Å². The maximum atomic E-state index is 11.6. The monoisotopic (exact) mass is 274 g/mol. The molecular formula is C14H26O5. The summed E-state index contributed by atoms with van der Waals surface area (Å²) in [5.74, 6) is 1.35. The Hall–Kier alpha value is -0.810. The lowest BCUT2D eigenvalue weighted by Gasteiger charge is -2.36. The lowest BCUT2D eigenvalue weighted by atomic mass is 9.75. The Morgan fingerprint density at radius 2 is 1.89 bits per heavy atom. The van der Waals surface area contributed by atoms with Crippen LogP contribution in [0.2, 0.25) is 0 Å². The minimum atomic E-state index is -0.897. The highest BCUT2D eigenvalue weighted by Gasteiger charge is 2.34. The number of hydrogen-bond acceptors (Lipinski definition) is 5. The van der Waals surface area contributed by atoms with Crippen molar-refractivity contribution in [2.75, 3.05) is 13.2 Å². The van der Waals surface area contributed by atoms with Gasteiger partial charge in [0.05, 0.1) is 13.2 Å². The lowest BCUT2D eigenvalue weighted by Crippen LogP contribution is -2.37. The predicted molar refractivity (Wildman–Crippen MR) is 70.7 cm³/mol. The second-order valence-electron chi connectivity index (χ2n) is 5.84. The molecule has 0 amide bonds. The second-order valence-corrected chi connectivity index (χ2v) is 5.84. The van der Waals surface area contributed by atoms with E-state index in [2.05, 4.69) is 20.8 Å². The highest BCUT2D eigenvalue weighted by Crippen LogP contribution is 2.35. The van der Waals surface area contributed by atoms with Crippen LogP contribution < -0.4 is 0 Å². The molecule has 19 heavy (non-hydrogen) atoms. The van der Waals surface area contributed by atoms with E-state index in [1.165, 1.54) is 0 Å². The van der Waals surface area contributed by atoms with E-state index in [4.69, 9.17) is 19.7 Å². The number of carbonyl (C=O) groups excluding carboxylic acids is 1. The highest BCUT2D eigenvalue weighted by molar-refractivity contribution is 5.60. The Balaban J connectivity index is 2.53. The summed E-state index contributed by atoms with van der Waals surface area (Å²) in [6.45, 7) is 5.61. The molecule has 0 aromatic heterocycles. The summed E-state index contributed by atoms with van der Waals surface area (Å²) in [5.41, 5.74) is 0. The molecule has 0 spiro atoms. The fraction of sp³-hybridized carbons (Fsp3) is 0.929. The van der Waals surface area contributed by atoms with Crippen LogP contribution in [0.4, 0.5) is 4.79 Å². The minimum Gasteiger partial charge on any atom is -0.431 e. The van der Waals surface area contributed by atoms with Crippen LogP contribution in [0.5, 0.6) is 0 Å². The van der Waals surface area contributed by atoms with E-state index in [-0.39, 0.29) is 6.10 Å². The van der Waals surface area contributed by atoms with Gasteiger partial charge in [-0.15, -0.1) is 0 Å². The van der Waals surface area contributed by atoms with E-state index in [1.54, 1.807) is 0 Å². The van der Waals surface area contributed by atoms with Crippen LogP contribution >= 0.6 is 0 Å². The van der Waals surface area contributed by atoms with Gasteiger partial charge in [-0.1, -0.05) is 27.2 Å². The van der Waals surface area contributed by atoms with Gasteiger partial charge in [-0.2, -0.15) is 0 Å². The van der Waals surface area contributed by atoms with Gasteiger partial charge >= 0.3 is 6.16 Å². The third-order valence-corrected chi connectivity index (χ3v) is 3.88. The zero-order valence-electron chi connectivity index (χ0n) is 12.0. The van der Waals surface area contributed by atoms with Gasteiger partial charge in [0.15, 0.2) is 6.10 Å². The molecule has 5 nitrogen and oxygen atoms in total.